The molecule has 0 radical (unpaired) electrons. The molecule has 0 spiro atoms. The van der Waals surface area contributed by atoms with Crippen LogP contribution in [0.3, 0.4) is 0 Å². The third kappa shape index (κ3) is 0.995. The maximum atomic E-state index is 2.42. The number of halogens is 1. The van der Waals surface area contributed by atoms with Crippen LogP contribution in [-0.4, -0.2) is 0 Å². The van der Waals surface area contributed by atoms with E-state index < -0.39 is 0 Å². The first-order valence-electron chi connectivity index (χ1n) is 4.47. The van der Waals surface area contributed by atoms with Crippen molar-refractivity contribution in [2.75, 3.05) is 0 Å². The molecule has 0 saturated heterocycles. The quantitative estimate of drug-likeness (QED) is 0.583. The highest BCUT2D eigenvalue weighted by molar-refractivity contribution is 14.1. The van der Waals surface area contributed by atoms with Crippen molar-refractivity contribution >= 4 is 22.6 Å². The Bertz CT molecular complexity index is 203. The lowest BCUT2D eigenvalue weighted by molar-refractivity contribution is 0.289. The Morgan fingerprint density at radius 3 is 2.55 bits per heavy atom. The highest BCUT2D eigenvalue weighted by atomic mass is 127. The number of allylic oxidation sites excluding steroid dienone is 1. The Hall–Kier alpha value is 0.470. The molecule has 0 nitrogen and oxygen atoms in total. The summed E-state index contributed by atoms with van der Waals surface area (Å²) < 4.78 is 2.33. The van der Waals surface area contributed by atoms with Gasteiger partial charge < -0.3 is 0 Å². The summed E-state index contributed by atoms with van der Waals surface area (Å²) in [5.74, 6) is 1.94. The lowest BCUT2D eigenvalue weighted by Gasteiger charge is -2.32. The molecule has 2 bridgehead atoms. The minimum atomic E-state index is 0.532. The molecule has 2 atom stereocenters. The van der Waals surface area contributed by atoms with Gasteiger partial charge in [-0.25, -0.2) is 0 Å². The third-order valence-corrected chi connectivity index (χ3v) is 4.43. The number of hydrogen-bond donors (Lipinski definition) is 0. The van der Waals surface area contributed by atoms with Gasteiger partial charge in [-0.1, -0.05) is 42.0 Å². The molecule has 2 unspecified atom stereocenters. The lowest BCUT2D eigenvalue weighted by atomic mass is 9.73. The van der Waals surface area contributed by atoms with Crippen LogP contribution in [0.1, 0.15) is 33.1 Å². The van der Waals surface area contributed by atoms with E-state index in [9.17, 15) is 0 Å². The molecule has 0 aliphatic heterocycles. The van der Waals surface area contributed by atoms with E-state index in [4.69, 9.17) is 0 Å². The summed E-state index contributed by atoms with van der Waals surface area (Å²) >= 11 is 2.41. The van der Waals surface area contributed by atoms with Gasteiger partial charge in [0.15, 0.2) is 0 Å². The van der Waals surface area contributed by atoms with Crippen LogP contribution in [0.2, 0.25) is 0 Å². The predicted molar refractivity (Wildman–Crippen MR) is 56.7 cm³/mol. The fourth-order valence-electron chi connectivity index (χ4n) is 2.91. The first kappa shape index (κ1) is 8.09. The van der Waals surface area contributed by atoms with E-state index >= 15 is 0 Å². The maximum Gasteiger partial charge on any atom is -0.0106 e. The van der Waals surface area contributed by atoms with Gasteiger partial charge in [0, 0.05) is 0 Å². The fourth-order valence-corrected chi connectivity index (χ4v) is 4.22. The van der Waals surface area contributed by atoms with Gasteiger partial charge in [-0.3, -0.25) is 0 Å². The summed E-state index contributed by atoms with van der Waals surface area (Å²) in [7, 11) is 0. The standard InChI is InChI=1S/C10H15I/c1-10(2)8-4-3-7(5-8)9(10)6-11/h6-8H,3-5H2,1-2H3. The molecule has 2 fully saturated rings. The monoisotopic (exact) mass is 262 g/mol. The third-order valence-electron chi connectivity index (χ3n) is 3.75. The predicted octanol–water partition coefficient (Wildman–Crippen LogP) is 3.76. The van der Waals surface area contributed by atoms with Gasteiger partial charge >= 0.3 is 0 Å². The first-order chi connectivity index (χ1) is 5.16. The van der Waals surface area contributed by atoms with Crippen LogP contribution >= 0.6 is 22.6 Å². The lowest BCUT2D eigenvalue weighted by Crippen LogP contribution is -2.22. The van der Waals surface area contributed by atoms with Gasteiger partial charge in [0.05, 0.1) is 0 Å². The Labute approximate surface area is 82.6 Å². The van der Waals surface area contributed by atoms with Crippen LogP contribution in [-0.2, 0) is 0 Å². The Balaban J connectivity index is 2.36. The smallest absolute Gasteiger partial charge is 0.0106 e. The van der Waals surface area contributed by atoms with Gasteiger partial charge in [-0.2, -0.15) is 0 Å². The van der Waals surface area contributed by atoms with Gasteiger partial charge in [0.1, 0.15) is 0 Å². The van der Waals surface area contributed by atoms with E-state index in [0.717, 1.165) is 11.8 Å². The largest absolute Gasteiger partial charge is 0.0558 e. The number of fused-ring (bicyclic) bond motifs is 2. The normalized spacial score (nSPS) is 43.7. The van der Waals surface area contributed by atoms with Crippen LogP contribution in [0, 0.1) is 17.3 Å². The minimum Gasteiger partial charge on any atom is -0.0558 e. The zero-order valence-corrected chi connectivity index (χ0v) is 9.39. The molecule has 2 aliphatic carbocycles. The molecule has 0 N–H and O–H groups in total. The van der Waals surface area contributed by atoms with E-state index in [-0.39, 0.29) is 0 Å². The number of hydrogen-bond acceptors (Lipinski definition) is 0. The van der Waals surface area contributed by atoms with Gasteiger partial charge in [-0.05, 0) is 40.6 Å². The van der Waals surface area contributed by atoms with Crippen molar-refractivity contribution in [2.45, 2.75) is 33.1 Å². The molecule has 1 heteroatoms. The van der Waals surface area contributed by atoms with E-state index in [2.05, 4.69) is 40.5 Å². The summed E-state index contributed by atoms with van der Waals surface area (Å²) in [4.78, 5) is 0. The molecule has 62 valence electrons. The van der Waals surface area contributed by atoms with E-state index in [1.807, 2.05) is 0 Å². The van der Waals surface area contributed by atoms with Gasteiger partial charge in [-0.15, -0.1) is 0 Å². The molecular formula is C10H15I. The van der Waals surface area contributed by atoms with Gasteiger partial charge in [0.2, 0.25) is 0 Å². The van der Waals surface area contributed by atoms with Crippen LogP contribution in [0.15, 0.2) is 9.66 Å². The minimum absolute atomic E-state index is 0.532. The van der Waals surface area contributed by atoms with Crippen molar-refractivity contribution in [2.24, 2.45) is 17.3 Å². The molecule has 2 aliphatic rings. The first-order valence-corrected chi connectivity index (χ1v) is 5.71. The summed E-state index contributed by atoms with van der Waals surface area (Å²) in [6.45, 7) is 4.84. The van der Waals surface area contributed by atoms with E-state index in [0.29, 0.717) is 5.41 Å². The fraction of sp³-hybridized carbons (Fsp3) is 0.800. The van der Waals surface area contributed by atoms with Crippen LogP contribution in [0.4, 0.5) is 0 Å². The van der Waals surface area contributed by atoms with Crippen LogP contribution in [0.5, 0.6) is 0 Å². The molecular weight excluding hydrogens is 247 g/mol. The Morgan fingerprint density at radius 2 is 2.18 bits per heavy atom. The zero-order valence-electron chi connectivity index (χ0n) is 7.23. The average molecular weight is 262 g/mol. The summed E-state index contributed by atoms with van der Waals surface area (Å²) in [5.41, 5.74) is 2.26. The molecule has 11 heavy (non-hydrogen) atoms. The molecule has 0 aromatic carbocycles. The second-order valence-electron chi connectivity index (χ2n) is 4.49. The van der Waals surface area contributed by atoms with Crippen molar-refractivity contribution in [3.8, 4) is 0 Å². The number of rotatable bonds is 0. The van der Waals surface area contributed by atoms with Crippen LogP contribution in [0.25, 0.3) is 0 Å². The van der Waals surface area contributed by atoms with Crippen molar-refractivity contribution in [3.63, 3.8) is 0 Å². The van der Waals surface area contributed by atoms with Crippen molar-refractivity contribution < 1.29 is 0 Å². The van der Waals surface area contributed by atoms with E-state index in [1.165, 1.54) is 19.3 Å². The summed E-state index contributed by atoms with van der Waals surface area (Å²) in [6.07, 6.45) is 4.41. The average Bonchev–Trinajstić information content (AvgIpc) is 2.44. The highest BCUT2D eigenvalue weighted by Gasteiger charge is 2.48. The van der Waals surface area contributed by atoms with E-state index in [1.54, 1.807) is 5.57 Å². The molecule has 0 aromatic heterocycles. The molecule has 0 heterocycles. The maximum absolute atomic E-state index is 2.42. The second kappa shape index (κ2) is 2.48. The highest BCUT2D eigenvalue weighted by Crippen LogP contribution is 2.59. The zero-order chi connectivity index (χ0) is 8.06. The summed E-state index contributed by atoms with van der Waals surface area (Å²) in [5, 5.41) is 0. The van der Waals surface area contributed by atoms with Gasteiger partial charge in [0.25, 0.3) is 0 Å². The van der Waals surface area contributed by atoms with Crippen LogP contribution < -0.4 is 0 Å². The topological polar surface area (TPSA) is 0 Å². The molecule has 2 saturated carbocycles. The Kier molecular flexibility index (Phi) is 1.82. The van der Waals surface area contributed by atoms with Crippen molar-refractivity contribution in [1.82, 2.24) is 0 Å². The summed E-state index contributed by atoms with van der Waals surface area (Å²) in [6, 6.07) is 0. The molecule has 0 amide bonds. The molecule has 2 rings (SSSR count). The van der Waals surface area contributed by atoms with Crippen molar-refractivity contribution in [3.05, 3.63) is 9.66 Å². The van der Waals surface area contributed by atoms with Crippen molar-refractivity contribution in [1.29, 1.82) is 0 Å². The Morgan fingerprint density at radius 1 is 1.45 bits per heavy atom. The second-order valence-corrected chi connectivity index (χ2v) is 5.12. The SMILES string of the molecule is CC1(C)C(=CI)C2CCC1C2. The molecule has 0 aromatic rings.